The van der Waals surface area contributed by atoms with Gasteiger partial charge in [0.05, 0.1) is 0 Å². The van der Waals surface area contributed by atoms with Crippen molar-refractivity contribution in [2.75, 3.05) is 37.6 Å². The average molecular weight is 406 g/mol. The van der Waals surface area contributed by atoms with E-state index in [9.17, 15) is 4.39 Å². The smallest absolute Gasteiger partial charge is 0.139 e. The van der Waals surface area contributed by atoms with Crippen molar-refractivity contribution < 1.29 is 4.39 Å². The van der Waals surface area contributed by atoms with Gasteiger partial charge in [-0.25, -0.2) is 14.4 Å². The minimum Gasteiger partial charge on any atom is -0.353 e. The second-order valence-electron chi connectivity index (χ2n) is 7.79. The quantitative estimate of drug-likeness (QED) is 0.680. The standard InChI is InChI=1S/C24H28FN5/c1-18(19-5-3-2-4-6-19)23(15-26)29-11-13-30(14-12-29)24-22(16-27-17-28-24)20-7-9-21(25)10-8-20/h2-10,16-18,23H,11-15,26H2,1H3/t18-,23-/m0/s1. The van der Waals surface area contributed by atoms with Gasteiger partial charge in [-0.2, -0.15) is 0 Å². The second kappa shape index (κ2) is 9.32. The molecule has 2 aromatic carbocycles. The van der Waals surface area contributed by atoms with Crippen LogP contribution in [0.1, 0.15) is 18.4 Å². The third-order valence-electron chi connectivity index (χ3n) is 6.07. The number of hydrogen-bond acceptors (Lipinski definition) is 5. The molecule has 6 heteroatoms. The molecule has 0 radical (unpaired) electrons. The molecule has 1 fully saturated rings. The number of aromatic nitrogens is 2. The minimum atomic E-state index is -0.244. The highest BCUT2D eigenvalue weighted by Crippen LogP contribution is 2.30. The van der Waals surface area contributed by atoms with Crippen LogP contribution in [0.4, 0.5) is 10.2 Å². The third kappa shape index (κ3) is 4.35. The van der Waals surface area contributed by atoms with Gasteiger partial charge in [-0.3, -0.25) is 4.90 Å². The molecule has 2 N–H and O–H groups in total. The lowest BCUT2D eigenvalue weighted by Gasteiger charge is -2.42. The Labute approximate surface area is 177 Å². The van der Waals surface area contributed by atoms with Crippen LogP contribution in [-0.2, 0) is 0 Å². The molecule has 0 bridgehead atoms. The number of anilines is 1. The Morgan fingerprint density at radius 3 is 2.37 bits per heavy atom. The molecule has 0 aliphatic carbocycles. The predicted molar refractivity (Wildman–Crippen MR) is 119 cm³/mol. The molecule has 156 valence electrons. The summed E-state index contributed by atoms with van der Waals surface area (Å²) in [6.07, 6.45) is 3.39. The molecule has 1 aliphatic rings. The van der Waals surface area contributed by atoms with E-state index in [-0.39, 0.29) is 5.82 Å². The molecular weight excluding hydrogens is 377 g/mol. The summed E-state index contributed by atoms with van der Waals surface area (Å²) in [6.45, 7) is 6.46. The maximum absolute atomic E-state index is 13.3. The van der Waals surface area contributed by atoms with Gasteiger partial charge in [0.1, 0.15) is 18.0 Å². The summed E-state index contributed by atoms with van der Waals surface area (Å²) in [5.74, 6) is 1.03. The summed E-state index contributed by atoms with van der Waals surface area (Å²) in [7, 11) is 0. The Bertz CT molecular complexity index is 939. The molecule has 0 unspecified atom stereocenters. The van der Waals surface area contributed by atoms with E-state index in [2.05, 4.69) is 51.0 Å². The fourth-order valence-corrected chi connectivity index (χ4v) is 4.32. The number of halogens is 1. The first-order valence-corrected chi connectivity index (χ1v) is 10.5. The summed E-state index contributed by atoms with van der Waals surface area (Å²) in [5, 5.41) is 0. The van der Waals surface area contributed by atoms with Gasteiger partial charge in [-0.15, -0.1) is 0 Å². The lowest BCUT2D eigenvalue weighted by molar-refractivity contribution is 0.169. The summed E-state index contributed by atoms with van der Waals surface area (Å²) in [5.41, 5.74) is 9.37. The van der Waals surface area contributed by atoms with Gasteiger partial charge in [-0.05, 0) is 29.2 Å². The first kappa shape index (κ1) is 20.4. The molecule has 1 aliphatic heterocycles. The molecule has 30 heavy (non-hydrogen) atoms. The van der Waals surface area contributed by atoms with Crippen LogP contribution in [0.25, 0.3) is 11.1 Å². The SMILES string of the molecule is C[C@@H](c1ccccc1)[C@H](CN)N1CCN(c2ncncc2-c2ccc(F)cc2)CC1. The molecule has 0 amide bonds. The summed E-state index contributed by atoms with van der Waals surface area (Å²) in [4.78, 5) is 13.5. The molecular formula is C24H28FN5. The zero-order valence-electron chi connectivity index (χ0n) is 17.3. The second-order valence-corrected chi connectivity index (χ2v) is 7.79. The molecule has 1 aromatic heterocycles. The first-order valence-electron chi connectivity index (χ1n) is 10.5. The van der Waals surface area contributed by atoms with Gasteiger partial charge in [0, 0.05) is 50.5 Å². The van der Waals surface area contributed by atoms with E-state index in [0.29, 0.717) is 18.5 Å². The number of rotatable bonds is 6. The zero-order valence-corrected chi connectivity index (χ0v) is 17.3. The number of nitrogens with two attached hydrogens (primary N) is 1. The van der Waals surface area contributed by atoms with Crippen molar-refractivity contribution in [3.8, 4) is 11.1 Å². The van der Waals surface area contributed by atoms with Gasteiger partial charge >= 0.3 is 0 Å². The molecule has 0 saturated carbocycles. The van der Waals surface area contributed by atoms with Crippen LogP contribution in [0.15, 0.2) is 67.1 Å². The van der Waals surface area contributed by atoms with Crippen molar-refractivity contribution in [2.24, 2.45) is 5.73 Å². The Morgan fingerprint density at radius 1 is 1.00 bits per heavy atom. The van der Waals surface area contributed by atoms with Crippen molar-refractivity contribution >= 4 is 5.82 Å². The van der Waals surface area contributed by atoms with E-state index >= 15 is 0 Å². The highest BCUT2D eigenvalue weighted by Gasteiger charge is 2.28. The maximum Gasteiger partial charge on any atom is 0.139 e. The molecule has 2 heterocycles. The van der Waals surface area contributed by atoms with Crippen molar-refractivity contribution in [1.82, 2.24) is 14.9 Å². The van der Waals surface area contributed by atoms with E-state index in [1.165, 1.54) is 17.7 Å². The van der Waals surface area contributed by atoms with E-state index < -0.39 is 0 Å². The maximum atomic E-state index is 13.3. The normalized spacial score (nSPS) is 17.0. The van der Waals surface area contributed by atoms with Gasteiger partial charge < -0.3 is 10.6 Å². The van der Waals surface area contributed by atoms with Crippen LogP contribution in [0.3, 0.4) is 0 Å². The lowest BCUT2D eigenvalue weighted by atomic mass is 9.91. The first-order chi connectivity index (χ1) is 14.7. The predicted octanol–water partition coefficient (Wildman–Crippen LogP) is 3.54. The summed E-state index contributed by atoms with van der Waals surface area (Å²) < 4.78 is 13.3. The van der Waals surface area contributed by atoms with Crippen LogP contribution in [-0.4, -0.2) is 53.6 Å². The molecule has 5 nitrogen and oxygen atoms in total. The van der Waals surface area contributed by atoms with Crippen LogP contribution in [0, 0.1) is 5.82 Å². The van der Waals surface area contributed by atoms with E-state index in [4.69, 9.17) is 5.73 Å². The summed E-state index contributed by atoms with van der Waals surface area (Å²) in [6, 6.07) is 17.4. The Hall–Kier alpha value is -2.83. The van der Waals surface area contributed by atoms with E-state index in [0.717, 1.165) is 43.1 Å². The van der Waals surface area contributed by atoms with Crippen molar-refractivity contribution in [3.05, 3.63) is 78.5 Å². The zero-order chi connectivity index (χ0) is 20.9. The molecule has 3 aromatic rings. The van der Waals surface area contributed by atoms with Crippen LogP contribution in [0.2, 0.25) is 0 Å². The Morgan fingerprint density at radius 2 is 1.70 bits per heavy atom. The van der Waals surface area contributed by atoms with Crippen LogP contribution < -0.4 is 10.6 Å². The molecule has 4 rings (SSSR count). The topological polar surface area (TPSA) is 58.3 Å². The highest BCUT2D eigenvalue weighted by atomic mass is 19.1. The van der Waals surface area contributed by atoms with Gasteiger partial charge in [-0.1, -0.05) is 49.4 Å². The van der Waals surface area contributed by atoms with Gasteiger partial charge in [0.2, 0.25) is 0 Å². The fourth-order valence-electron chi connectivity index (χ4n) is 4.32. The Kier molecular flexibility index (Phi) is 6.35. The van der Waals surface area contributed by atoms with Crippen molar-refractivity contribution in [2.45, 2.75) is 18.9 Å². The van der Waals surface area contributed by atoms with Crippen molar-refractivity contribution in [3.63, 3.8) is 0 Å². The van der Waals surface area contributed by atoms with Crippen molar-refractivity contribution in [1.29, 1.82) is 0 Å². The third-order valence-corrected chi connectivity index (χ3v) is 6.07. The Balaban J connectivity index is 1.48. The van der Waals surface area contributed by atoms with Gasteiger partial charge in [0.25, 0.3) is 0 Å². The summed E-state index contributed by atoms with van der Waals surface area (Å²) >= 11 is 0. The number of nitrogens with zero attached hydrogens (tertiary/aromatic N) is 4. The number of hydrogen-bond donors (Lipinski definition) is 1. The molecule has 0 spiro atoms. The minimum absolute atomic E-state index is 0.244. The fraction of sp³-hybridized carbons (Fsp3) is 0.333. The van der Waals surface area contributed by atoms with Crippen LogP contribution >= 0.6 is 0 Å². The monoisotopic (exact) mass is 405 g/mol. The van der Waals surface area contributed by atoms with Gasteiger partial charge in [0.15, 0.2) is 0 Å². The van der Waals surface area contributed by atoms with E-state index in [1.54, 1.807) is 18.5 Å². The average Bonchev–Trinajstić information content (AvgIpc) is 2.81. The van der Waals surface area contributed by atoms with Crippen LogP contribution in [0.5, 0.6) is 0 Å². The van der Waals surface area contributed by atoms with E-state index in [1.807, 2.05) is 12.3 Å². The largest absolute Gasteiger partial charge is 0.353 e. The number of benzene rings is 2. The number of piperazine rings is 1. The molecule has 2 atom stereocenters. The highest BCUT2D eigenvalue weighted by molar-refractivity contribution is 5.75. The lowest BCUT2D eigenvalue weighted by Crippen LogP contribution is -2.54. The molecule has 1 saturated heterocycles.